The Kier molecular flexibility index (Phi) is 3.87. The van der Waals surface area contributed by atoms with E-state index in [4.69, 9.17) is 4.74 Å². The first kappa shape index (κ1) is 9.01. The maximum atomic E-state index is 5.36. The number of ether oxygens (including phenoxy) is 1. The fraction of sp³-hybridized carbons (Fsp3) is 1.00. The fourth-order valence-electron chi connectivity index (χ4n) is 1.79. The van der Waals surface area contributed by atoms with E-state index in [1.165, 1.54) is 32.1 Å². The summed E-state index contributed by atoms with van der Waals surface area (Å²) in [6, 6.07) is 0.683. The Labute approximate surface area is 69.3 Å². The Balaban J connectivity index is 2.33. The zero-order valence-corrected chi connectivity index (χ0v) is 7.60. The van der Waals surface area contributed by atoms with Gasteiger partial charge < -0.3 is 10.1 Å². The Hall–Kier alpha value is -0.0800. The summed E-state index contributed by atoms with van der Waals surface area (Å²) in [6.45, 7) is 0. The van der Waals surface area contributed by atoms with Crippen molar-refractivity contribution in [2.24, 2.45) is 0 Å². The molecule has 0 aliphatic heterocycles. The first-order chi connectivity index (χ1) is 5.36. The molecule has 2 atom stereocenters. The zero-order valence-electron chi connectivity index (χ0n) is 7.60. The molecule has 1 fully saturated rings. The molecule has 0 radical (unpaired) electrons. The Morgan fingerprint density at radius 3 is 2.64 bits per heavy atom. The van der Waals surface area contributed by atoms with Gasteiger partial charge in [-0.15, -0.1) is 0 Å². The molecule has 66 valence electrons. The highest BCUT2D eigenvalue weighted by Gasteiger charge is 2.17. The SMILES string of the molecule is CNC1CCCCC(OC)C1. The molecular formula is C9H19NO. The van der Waals surface area contributed by atoms with Crippen LogP contribution in [0.1, 0.15) is 32.1 Å². The van der Waals surface area contributed by atoms with E-state index in [9.17, 15) is 0 Å². The molecule has 0 aromatic rings. The van der Waals surface area contributed by atoms with Gasteiger partial charge in [-0.05, 0) is 26.3 Å². The monoisotopic (exact) mass is 157 g/mol. The molecule has 2 nitrogen and oxygen atoms in total. The van der Waals surface area contributed by atoms with E-state index in [0.717, 1.165) is 0 Å². The molecule has 0 bridgehead atoms. The average Bonchev–Trinajstić information content (AvgIpc) is 2.28. The van der Waals surface area contributed by atoms with Crippen LogP contribution in [0.2, 0.25) is 0 Å². The number of hydrogen-bond donors (Lipinski definition) is 1. The van der Waals surface area contributed by atoms with Gasteiger partial charge >= 0.3 is 0 Å². The molecule has 1 N–H and O–H groups in total. The minimum Gasteiger partial charge on any atom is -0.381 e. The lowest BCUT2D eigenvalue weighted by atomic mass is 10.1. The van der Waals surface area contributed by atoms with E-state index in [0.29, 0.717) is 12.1 Å². The van der Waals surface area contributed by atoms with Crippen molar-refractivity contribution >= 4 is 0 Å². The highest BCUT2D eigenvalue weighted by Crippen LogP contribution is 2.19. The summed E-state index contributed by atoms with van der Waals surface area (Å²) >= 11 is 0. The molecule has 0 aromatic carbocycles. The van der Waals surface area contributed by atoms with E-state index in [1.807, 2.05) is 14.2 Å². The molecule has 0 saturated heterocycles. The fourth-order valence-corrected chi connectivity index (χ4v) is 1.79. The molecule has 2 unspecified atom stereocenters. The van der Waals surface area contributed by atoms with Gasteiger partial charge in [0.1, 0.15) is 0 Å². The van der Waals surface area contributed by atoms with E-state index in [-0.39, 0.29) is 0 Å². The van der Waals surface area contributed by atoms with Crippen molar-refractivity contribution < 1.29 is 4.74 Å². The summed E-state index contributed by atoms with van der Waals surface area (Å²) in [5.41, 5.74) is 0. The number of nitrogens with one attached hydrogen (secondary N) is 1. The predicted octanol–water partition coefficient (Wildman–Crippen LogP) is 1.55. The summed E-state index contributed by atoms with van der Waals surface area (Å²) in [5.74, 6) is 0. The summed E-state index contributed by atoms with van der Waals surface area (Å²) in [7, 11) is 3.87. The second-order valence-electron chi connectivity index (χ2n) is 3.36. The van der Waals surface area contributed by atoms with Gasteiger partial charge in [-0.25, -0.2) is 0 Å². The lowest BCUT2D eigenvalue weighted by Gasteiger charge is -2.17. The Bertz CT molecular complexity index is 93.7. The third-order valence-electron chi connectivity index (χ3n) is 2.62. The lowest BCUT2D eigenvalue weighted by molar-refractivity contribution is 0.0842. The van der Waals surface area contributed by atoms with Gasteiger partial charge in [0.05, 0.1) is 6.10 Å². The second-order valence-corrected chi connectivity index (χ2v) is 3.36. The van der Waals surface area contributed by atoms with Crippen molar-refractivity contribution in [3.63, 3.8) is 0 Å². The van der Waals surface area contributed by atoms with Gasteiger partial charge in [0, 0.05) is 13.2 Å². The first-order valence-electron chi connectivity index (χ1n) is 4.57. The Morgan fingerprint density at radius 1 is 1.27 bits per heavy atom. The van der Waals surface area contributed by atoms with E-state index in [1.54, 1.807) is 0 Å². The summed E-state index contributed by atoms with van der Waals surface area (Å²) in [5, 5.41) is 3.33. The third-order valence-corrected chi connectivity index (χ3v) is 2.62. The Morgan fingerprint density at radius 2 is 2.00 bits per heavy atom. The highest BCUT2D eigenvalue weighted by molar-refractivity contribution is 4.74. The summed E-state index contributed by atoms with van der Waals surface area (Å²) in [6.07, 6.45) is 6.93. The van der Waals surface area contributed by atoms with Gasteiger partial charge in [0.25, 0.3) is 0 Å². The van der Waals surface area contributed by atoms with Crippen LogP contribution in [0.4, 0.5) is 0 Å². The van der Waals surface area contributed by atoms with Crippen molar-refractivity contribution in [3.05, 3.63) is 0 Å². The molecule has 0 aromatic heterocycles. The maximum absolute atomic E-state index is 5.36. The molecule has 0 heterocycles. The minimum atomic E-state index is 0.495. The normalized spacial score (nSPS) is 33.3. The van der Waals surface area contributed by atoms with Crippen LogP contribution in [0, 0.1) is 0 Å². The van der Waals surface area contributed by atoms with Crippen LogP contribution < -0.4 is 5.32 Å². The number of rotatable bonds is 2. The van der Waals surface area contributed by atoms with Gasteiger partial charge in [0.15, 0.2) is 0 Å². The van der Waals surface area contributed by atoms with Crippen LogP contribution in [0.5, 0.6) is 0 Å². The highest BCUT2D eigenvalue weighted by atomic mass is 16.5. The standard InChI is InChI=1S/C9H19NO/c1-10-8-5-3-4-6-9(7-8)11-2/h8-10H,3-7H2,1-2H3. The number of hydrogen-bond acceptors (Lipinski definition) is 2. The van der Waals surface area contributed by atoms with Crippen LogP contribution >= 0.6 is 0 Å². The van der Waals surface area contributed by atoms with Crippen LogP contribution in [0.3, 0.4) is 0 Å². The van der Waals surface area contributed by atoms with E-state index in [2.05, 4.69) is 5.32 Å². The van der Waals surface area contributed by atoms with Crippen LogP contribution in [0.25, 0.3) is 0 Å². The third kappa shape index (κ3) is 2.80. The predicted molar refractivity (Wildman–Crippen MR) is 46.7 cm³/mol. The van der Waals surface area contributed by atoms with Crippen molar-refractivity contribution in [2.45, 2.75) is 44.2 Å². The van der Waals surface area contributed by atoms with Crippen molar-refractivity contribution in [1.29, 1.82) is 0 Å². The van der Waals surface area contributed by atoms with E-state index >= 15 is 0 Å². The molecule has 0 spiro atoms. The smallest absolute Gasteiger partial charge is 0.0586 e. The lowest BCUT2D eigenvalue weighted by Crippen LogP contribution is -2.28. The van der Waals surface area contributed by atoms with Crippen LogP contribution in [-0.2, 0) is 4.74 Å². The quantitative estimate of drug-likeness (QED) is 0.614. The van der Waals surface area contributed by atoms with Gasteiger partial charge in [-0.1, -0.05) is 12.8 Å². The molecule has 1 saturated carbocycles. The second kappa shape index (κ2) is 4.73. The topological polar surface area (TPSA) is 21.3 Å². The molecule has 11 heavy (non-hydrogen) atoms. The van der Waals surface area contributed by atoms with Crippen molar-refractivity contribution in [3.8, 4) is 0 Å². The first-order valence-corrected chi connectivity index (χ1v) is 4.57. The maximum Gasteiger partial charge on any atom is 0.0586 e. The largest absolute Gasteiger partial charge is 0.381 e. The van der Waals surface area contributed by atoms with E-state index < -0.39 is 0 Å². The van der Waals surface area contributed by atoms with Gasteiger partial charge in [-0.2, -0.15) is 0 Å². The summed E-state index contributed by atoms with van der Waals surface area (Å²) in [4.78, 5) is 0. The van der Waals surface area contributed by atoms with Gasteiger partial charge in [-0.3, -0.25) is 0 Å². The van der Waals surface area contributed by atoms with Crippen LogP contribution in [0.15, 0.2) is 0 Å². The van der Waals surface area contributed by atoms with Crippen LogP contribution in [-0.4, -0.2) is 26.3 Å². The summed E-state index contributed by atoms with van der Waals surface area (Å²) < 4.78 is 5.36. The minimum absolute atomic E-state index is 0.495. The molecule has 1 aliphatic rings. The molecular weight excluding hydrogens is 138 g/mol. The molecule has 1 aliphatic carbocycles. The van der Waals surface area contributed by atoms with Crippen molar-refractivity contribution in [1.82, 2.24) is 5.32 Å². The van der Waals surface area contributed by atoms with Crippen molar-refractivity contribution in [2.75, 3.05) is 14.2 Å². The van der Waals surface area contributed by atoms with Gasteiger partial charge in [0.2, 0.25) is 0 Å². The number of methoxy groups -OCH3 is 1. The molecule has 0 amide bonds. The molecule has 2 heteroatoms. The zero-order chi connectivity index (χ0) is 8.10. The molecule has 1 rings (SSSR count). The average molecular weight is 157 g/mol.